The Balaban J connectivity index is 2.32. The number of carboxylic acids is 1. The van der Waals surface area contributed by atoms with Gasteiger partial charge >= 0.3 is 5.97 Å². The van der Waals surface area contributed by atoms with Gasteiger partial charge in [0.25, 0.3) is 0 Å². The van der Waals surface area contributed by atoms with E-state index in [1.165, 1.54) is 5.57 Å². The standard InChI is InChI=1S/C20H32O3/c1-6-18(3,23)13-10-15-14(2)8-9-16-19(15,4)11-7-12-20(16,5)17(21)22/h6,8,15-16,23H,1,7,9-13H2,2-5H3,(H,21,22)/t15-,16-,18+,19+,20-/m0/s1. The van der Waals surface area contributed by atoms with Crippen LogP contribution in [0.2, 0.25) is 0 Å². The molecule has 0 bridgehead atoms. The highest BCUT2D eigenvalue weighted by Gasteiger charge is 2.56. The van der Waals surface area contributed by atoms with Gasteiger partial charge in [-0.3, -0.25) is 4.79 Å². The summed E-state index contributed by atoms with van der Waals surface area (Å²) >= 11 is 0. The van der Waals surface area contributed by atoms with Crippen LogP contribution in [0, 0.1) is 22.7 Å². The van der Waals surface area contributed by atoms with Crippen LogP contribution in [-0.2, 0) is 4.79 Å². The van der Waals surface area contributed by atoms with Crippen LogP contribution in [0.15, 0.2) is 24.3 Å². The molecule has 2 aliphatic carbocycles. The summed E-state index contributed by atoms with van der Waals surface area (Å²) in [4.78, 5) is 12.0. The van der Waals surface area contributed by atoms with Gasteiger partial charge in [0, 0.05) is 0 Å². The monoisotopic (exact) mass is 320 g/mol. The second kappa shape index (κ2) is 6.08. The molecule has 2 rings (SSSR count). The first-order chi connectivity index (χ1) is 10.6. The van der Waals surface area contributed by atoms with Crippen molar-refractivity contribution < 1.29 is 15.0 Å². The van der Waals surface area contributed by atoms with Crippen molar-refractivity contribution in [2.75, 3.05) is 0 Å². The highest BCUT2D eigenvalue weighted by atomic mass is 16.4. The fourth-order valence-corrected chi connectivity index (χ4v) is 5.18. The van der Waals surface area contributed by atoms with E-state index in [0.717, 1.165) is 32.1 Å². The number of rotatable bonds is 5. The van der Waals surface area contributed by atoms with Crippen LogP contribution in [0.3, 0.4) is 0 Å². The maximum Gasteiger partial charge on any atom is 0.309 e. The summed E-state index contributed by atoms with van der Waals surface area (Å²) in [5.41, 5.74) is -0.127. The number of hydrogen-bond donors (Lipinski definition) is 2. The van der Waals surface area contributed by atoms with Gasteiger partial charge < -0.3 is 10.2 Å². The van der Waals surface area contributed by atoms with Crippen LogP contribution in [0.4, 0.5) is 0 Å². The zero-order valence-corrected chi connectivity index (χ0v) is 15.1. The van der Waals surface area contributed by atoms with Gasteiger partial charge in [-0.15, -0.1) is 6.58 Å². The molecule has 0 aromatic carbocycles. The third kappa shape index (κ3) is 3.13. The van der Waals surface area contributed by atoms with E-state index in [1.807, 2.05) is 6.92 Å². The molecule has 0 aromatic heterocycles. The van der Waals surface area contributed by atoms with E-state index in [1.54, 1.807) is 13.0 Å². The summed E-state index contributed by atoms with van der Waals surface area (Å²) in [6.45, 7) is 11.9. The fraction of sp³-hybridized carbons (Fsp3) is 0.750. The Morgan fingerprint density at radius 2 is 2.13 bits per heavy atom. The summed E-state index contributed by atoms with van der Waals surface area (Å²) in [5, 5.41) is 20.1. The van der Waals surface area contributed by atoms with Gasteiger partial charge in [0.1, 0.15) is 0 Å². The van der Waals surface area contributed by atoms with Crippen molar-refractivity contribution in [1.82, 2.24) is 0 Å². The number of carbonyl (C=O) groups is 1. The Labute approximate surface area is 140 Å². The van der Waals surface area contributed by atoms with E-state index >= 15 is 0 Å². The summed E-state index contributed by atoms with van der Waals surface area (Å²) in [7, 11) is 0. The molecule has 2 N–H and O–H groups in total. The minimum absolute atomic E-state index is 0.00146. The number of hydrogen-bond acceptors (Lipinski definition) is 2. The number of aliphatic carboxylic acids is 1. The van der Waals surface area contributed by atoms with E-state index in [2.05, 4.69) is 26.5 Å². The SMILES string of the molecule is C=C[C@@](C)(O)CC[C@H]1C(C)=CC[C@H]2[C@]1(C)CCC[C@]2(C)C(=O)O. The molecule has 3 heteroatoms. The van der Waals surface area contributed by atoms with Gasteiger partial charge in [-0.05, 0) is 70.1 Å². The smallest absolute Gasteiger partial charge is 0.309 e. The lowest BCUT2D eigenvalue weighted by atomic mass is 9.47. The lowest BCUT2D eigenvalue weighted by Crippen LogP contribution is -2.52. The molecule has 2 aliphatic rings. The van der Waals surface area contributed by atoms with Crippen LogP contribution >= 0.6 is 0 Å². The molecular weight excluding hydrogens is 288 g/mol. The van der Waals surface area contributed by atoms with E-state index < -0.39 is 17.0 Å². The number of fused-ring (bicyclic) bond motifs is 1. The molecule has 0 unspecified atom stereocenters. The van der Waals surface area contributed by atoms with Crippen LogP contribution in [0.1, 0.15) is 66.2 Å². The average Bonchev–Trinajstić information content (AvgIpc) is 2.46. The minimum Gasteiger partial charge on any atom is -0.481 e. The summed E-state index contributed by atoms with van der Waals surface area (Å²) in [6, 6.07) is 0. The van der Waals surface area contributed by atoms with Gasteiger partial charge in [-0.1, -0.05) is 31.1 Å². The van der Waals surface area contributed by atoms with Crippen LogP contribution in [-0.4, -0.2) is 21.8 Å². The number of allylic oxidation sites excluding steroid dienone is 2. The van der Waals surface area contributed by atoms with Crippen molar-refractivity contribution in [3.8, 4) is 0 Å². The molecule has 0 amide bonds. The lowest BCUT2D eigenvalue weighted by molar-refractivity contribution is -0.162. The summed E-state index contributed by atoms with van der Waals surface area (Å²) in [6.07, 6.45) is 9.07. The Bertz CT molecular complexity index is 519. The Morgan fingerprint density at radius 1 is 1.48 bits per heavy atom. The normalized spacial score (nSPS) is 39.8. The molecule has 1 saturated carbocycles. The molecule has 1 fully saturated rings. The van der Waals surface area contributed by atoms with Crippen molar-refractivity contribution in [1.29, 1.82) is 0 Å². The topological polar surface area (TPSA) is 57.5 Å². The molecule has 0 heterocycles. The molecule has 0 radical (unpaired) electrons. The molecule has 5 atom stereocenters. The predicted molar refractivity (Wildman–Crippen MR) is 93.1 cm³/mol. The molecular formula is C20H32O3. The Morgan fingerprint density at radius 3 is 2.70 bits per heavy atom. The maximum atomic E-state index is 12.0. The molecule has 0 spiro atoms. The summed E-state index contributed by atoms with van der Waals surface area (Å²) < 4.78 is 0. The van der Waals surface area contributed by atoms with Crippen molar-refractivity contribution >= 4 is 5.97 Å². The van der Waals surface area contributed by atoms with Crippen LogP contribution in [0.25, 0.3) is 0 Å². The molecule has 23 heavy (non-hydrogen) atoms. The number of carboxylic acid groups (broad SMARTS) is 1. The third-order valence-electron chi connectivity index (χ3n) is 6.87. The van der Waals surface area contributed by atoms with Crippen LogP contribution in [0.5, 0.6) is 0 Å². The molecule has 0 aromatic rings. The summed E-state index contributed by atoms with van der Waals surface area (Å²) in [5.74, 6) is -0.145. The molecule has 0 saturated heterocycles. The van der Waals surface area contributed by atoms with E-state index in [0.29, 0.717) is 12.3 Å². The highest BCUT2D eigenvalue weighted by molar-refractivity contribution is 5.75. The van der Waals surface area contributed by atoms with Gasteiger partial charge in [0.2, 0.25) is 0 Å². The van der Waals surface area contributed by atoms with Gasteiger partial charge in [-0.2, -0.15) is 0 Å². The quantitative estimate of drug-likeness (QED) is 0.730. The second-order valence-electron chi connectivity index (χ2n) is 8.47. The second-order valence-corrected chi connectivity index (χ2v) is 8.47. The van der Waals surface area contributed by atoms with E-state index in [4.69, 9.17) is 0 Å². The largest absolute Gasteiger partial charge is 0.481 e. The Hall–Kier alpha value is -1.09. The van der Waals surface area contributed by atoms with Crippen molar-refractivity contribution in [2.24, 2.45) is 22.7 Å². The first-order valence-corrected chi connectivity index (χ1v) is 8.83. The first-order valence-electron chi connectivity index (χ1n) is 8.83. The number of aliphatic hydroxyl groups is 1. The molecule has 0 aliphatic heterocycles. The zero-order chi connectivity index (χ0) is 17.5. The van der Waals surface area contributed by atoms with E-state index in [9.17, 15) is 15.0 Å². The zero-order valence-electron chi connectivity index (χ0n) is 15.1. The van der Waals surface area contributed by atoms with Gasteiger partial charge in [0.15, 0.2) is 0 Å². The van der Waals surface area contributed by atoms with Gasteiger partial charge in [-0.25, -0.2) is 0 Å². The maximum absolute atomic E-state index is 12.0. The van der Waals surface area contributed by atoms with E-state index in [-0.39, 0.29) is 11.3 Å². The first kappa shape index (κ1) is 18.3. The van der Waals surface area contributed by atoms with Crippen molar-refractivity contribution in [2.45, 2.75) is 71.8 Å². The predicted octanol–water partition coefficient (Wildman–Crippen LogP) is 4.57. The lowest BCUT2D eigenvalue weighted by Gasteiger charge is -2.56. The fourth-order valence-electron chi connectivity index (χ4n) is 5.18. The van der Waals surface area contributed by atoms with Crippen molar-refractivity contribution in [3.05, 3.63) is 24.3 Å². The average molecular weight is 320 g/mol. The third-order valence-corrected chi connectivity index (χ3v) is 6.87. The Kier molecular flexibility index (Phi) is 4.83. The van der Waals surface area contributed by atoms with Crippen molar-refractivity contribution in [3.63, 3.8) is 0 Å². The van der Waals surface area contributed by atoms with Crippen LogP contribution < -0.4 is 0 Å². The molecule has 130 valence electrons. The van der Waals surface area contributed by atoms with Gasteiger partial charge in [0.05, 0.1) is 11.0 Å². The minimum atomic E-state index is -0.853. The highest BCUT2D eigenvalue weighted by Crippen LogP contribution is 2.60. The molecule has 3 nitrogen and oxygen atoms in total.